The second-order valence-electron chi connectivity index (χ2n) is 5.70. The summed E-state index contributed by atoms with van der Waals surface area (Å²) < 4.78 is 0. The van der Waals surface area contributed by atoms with E-state index in [0.717, 1.165) is 6.42 Å². The Kier molecular flexibility index (Phi) is 3.38. The van der Waals surface area contributed by atoms with Crippen molar-refractivity contribution in [3.63, 3.8) is 0 Å². The molecule has 0 unspecified atom stereocenters. The highest BCUT2D eigenvalue weighted by molar-refractivity contribution is 6.33. The van der Waals surface area contributed by atoms with Crippen LogP contribution in [0.5, 0.6) is 5.75 Å². The van der Waals surface area contributed by atoms with Gasteiger partial charge in [0.1, 0.15) is 5.75 Å². The van der Waals surface area contributed by atoms with Crippen molar-refractivity contribution in [1.82, 2.24) is 0 Å². The highest BCUT2D eigenvalue weighted by Crippen LogP contribution is 2.59. The van der Waals surface area contributed by atoms with Gasteiger partial charge in [-0.25, -0.2) is 0 Å². The first kappa shape index (κ1) is 14.0. The summed E-state index contributed by atoms with van der Waals surface area (Å²) in [7, 11) is 0. The molecule has 1 fully saturated rings. The molecule has 1 saturated carbocycles. The van der Waals surface area contributed by atoms with Gasteiger partial charge in [0.05, 0.1) is 16.1 Å². The van der Waals surface area contributed by atoms with E-state index in [1.165, 1.54) is 17.7 Å². The fourth-order valence-corrected chi connectivity index (χ4v) is 2.88. The van der Waals surface area contributed by atoms with Crippen LogP contribution in [0.25, 0.3) is 0 Å². The molecule has 0 radical (unpaired) electrons. The maximum atomic E-state index is 12.5. The second kappa shape index (κ2) is 5.08. The van der Waals surface area contributed by atoms with Crippen LogP contribution in [-0.4, -0.2) is 11.0 Å². The number of anilines is 1. The fraction of sp³-hybridized carbons (Fsp3) is 0.235. The van der Waals surface area contributed by atoms with Gasteiger partial charge in [-0.05, 0) is 30.0 Å². The molecule has 0 aromatic heterocycles. The topological polar surface area (TPSA) is 49.3 Å². The van der Waals surface area contributed by atoms with Crippen molar-refractivity contribution >= 4 is 23.2 Å². The molecule has 3 rings (SSSR count). The molecule has 0 heterocycles. The summed E-state index contributed by atoms with van der Waals surface area (Å²) in [5.74, 6) is 0.288. The molecule has 0 spiro atoms. The van der Waals surface area contributed by atoms with Gasteiger partial charge in [-0.15, -0.1) is 0 Å². The van der Waals surface area contributed by atoms with Gasteiger partial charge < -0.3 is 10.4 Å². The number of phenolic OH excluding ortho intramolecular Hbond substituents is 1. The van der Waals surface area contributed by atoms with Crippen LogP contribution < -0.4 is 5.32 Å². The van der Waals surface area contributed by atoms with Crippen LogP contribution in [-0.2, 0) is 4.79 Å². The first-order chi connectivity index (χ1) is 10.0. The molecule has 1 aliphatic carbocycles. The zero-order valence-electron chi connectivity index (χ0n) is 11.6. The number of nitrogens with one attached hydrogen (secondary N) is 1. The Morgan fingerprint density at radius 1 is 1.29 bits per heavy atom. The van der Waals surface area contributed by atoms with Gasteiger partial charge >= 0.3 is 0 Å². The zero-order valence-corrected chi connectivity index (χ0v) is 12.4. The van der Waals surface area contributed by atoms with Crippen molar-refractivity contribution in [2.24, 2.45) is 5.41 Å². The third kappa shape index (κ3) is 2.61. The lowest BCUT2D eigenvalue weighted by molar-refractivity contribution is -0.120. The standard InChI is InChI=1S/C17H16ClNO2/c1-17(10-13(17)11-5-3-2-4-6-11)16(21)19-15-8-7-12(20)9-14(15)18/h2-9,13,20H,10H2,1H3,(H,19,21)/t13-,17+/m1/s1. The summed E-state index contributed by atoms with van der Waals surface area (Å²) in [5.41, 5.74) is 1.31. The van der Waals surface area contributed by atoms with Crippen molar-refractivity contribution in [3.8, 4) is 5.75 Å². The van der Waals surface area contributed by atoms with E-state index in [9.17, 15) is 9.90 Å². The molecule has 108 valence electrons. The van der Waals surface area contributed by atoms with E-state index >= 15 is 0 Å². The van der Waals surface area contributed by atoms with Crippen LogP contribution in [0.2, 0.25) is 5.02 Å². The van der Waals surface area contributed by atoms with E-state index in [1.54, 1.807) is 6.07 Å². The molecule has 2 aromatic carbocycles. The van der Waals surface area contributed by atoms with Crippen LogP contribution in [0.15, 0.2) is 48.5 Å². The summed E-state index contributed by atoms with van der Waals surface area (Å²) in [6, 6.07) is 14.6. The number of aromatic hydroxyl groups is 1. The summed E-state index contributed by atoms with van der Waals surface area (Å²) >= 11 is 6.02. The molecule has 1 amide bonds. The van der Waals surface area contributed by atoms with Crippen molar-refractivity contribution in [1.29, 1.82) is 0 Å². The number of hydrogen-bond acceptors (Lipinski definition) is 2. The largest absolute Gasteiger partial charge is 0.508 e. The number of hydrogen-bond donors (Lipinski definition) is 2. The first-order valence-corrected chi connectivity index (χ1v) is 7.23. The maximum absolute atomic E-state index is 12.5. The molecular weight excluding hydrogens is 286 g/mol. The Labute approximate surface area is 128 Å². The Bertz CT molecular complexity index is 686. The molecule has 4 heteroatoms. The van der Waals surface area contributed by atoms with Gasteiger partial charge in [-0.2, -0.15) is 0 Å². The zero-order chi connectivity index (χ0) is 15.0. The van der Waals surface area contributed by atoms with Gasteiger partial charge in [0.2, 0.25) is 5.91 Å². The van der Waals surface area contributed by atoms with Gasteiger partial charge in [0, 0.05) is 6.07 Å². The third-order valence-corrected chi connectivity index (χ3v) is 4.47. The van der Waals surface area contributed by atoms with Crippen molar-refractivity contribution in [3.05, 3.63) is 59.1 Å². The summed E-state index contributed by atoms with van der Waals surface area (Å²) in [4.78, 5) is 12.5. The number of halogens is 1. The van der Waals surface area contributed by atoms with Crippen molar-refractivity contribution < 1.29 is 9.90 Å². The SMILES string of the molecule is C[C@]1(C(=O)Nc2ccc(O)cc2Cl)C[C@@H]1c1ccccc1. The van der Waals surface area contributed by atoms with Gasteiger partial charge in [0.15, 0.2) is 0 Å². The maximum Gasteiger partial charge on any atom is 0.230 e. The van der Waals surface area contributed by atoms with Gasteiger partial charge in [-0.3, -0.25) is 4.79 Å². The summed E-state index contributed by atoms with van der Waals surface area (Å²) in [6.07, 6.45) is 0.832. The molecule has 0 saturated heterocycles. The van der Waals surface area contributed by atoms with E-state index in [4.69, 9.17) is 11.6 Å². The number of rotatable bonds is 3. The summed E-state index contributed by atoms with van der Waals surface area (Å²) in [6.45, 7) is 1.97. The van der Waals surface area contributed by atoms with Crippen LogP contribution in [0.4, 0.5) is 5.69 Å². The molecule has 0 aliphatic heterocycles. The Morgan fingerprint density at radius 3 is 2.67 bits per heavy atom. The third-order valence-electron chi connectivity index (χ3n) is 4.16. The van der Waals surface area contributed by atoms with Gasteiger partial charge in [0.25, 0.3) is 0 Å². The molecule has 1 aliphatic rings. The number of carbonyl (C=O) groups excluding carboxylic acids is 1. The van der Waals surface area contributed by atoms with E-state index in [-0.39, 0.29) is 17.6 Å². The highest BCUT2D eigenvalue weighted by atomic mass is 35.5. The number of amides is 1. The lowest BCUT2D eigenvalue weighted by atomic mass is 10.00. The minimum atomic E-state index is -0.400. The van der Waals surface area contributed by atoms with E-state index in [1.807, 2.05) is 25.1 Å². The Balaban J connectivity index is 1.75. The Morgan fingerprint density at radius 2 is 2.00 bits per heavy atom. The first-order valence-electron chi connectivity index (χ1n) is 6.85. The van der Waals surface area contributed by atoms with Crippen LogP contribution in [0.1, 0.15) is 24.8 Å². The molecule has 2 atom stereocenters. The Hall–Kier alpha value is -2.00. The molecule has 21 heavy (non-hydrogen) atoms. The van der Waals surface area contributed by atoms with E-state index in [0.29, 0.717) is 10.7 Å². The van der Waals surface area contributed by atoms with Gasteiger partial charge in [-0.1, -0.05) is 48.9 Å². The molecule has 3 nitrogen and oxygen atoms in total. The van der Waals surface area contributed by atoms with Crippen molar-refractivity contribution in [2.45, 2.75) is 19.3 Å². The lowest BCUT2D eigenvalue weighted by Crippen LogP contribution is -2.23. The minimum Gasteiger partial charge on any atom is -0.508 e. The van der Waals surface area contributed by atoms with Crippen LogP contribution >= 0.6 is 11.6 Å². The fourth-order valence-electron chi connectivity index (χ4n) is 2.66. The average molecular weight is 302 g/mol. The second-order valence-corrected chi connectivity index (χ2v) is 6.11. The van der Waals surface area contributed by atoms with E-state index in [2.05, 4.69) is 17.4 Å². The van der Waals surface area contributed by atoms with Crippen LogP contribution in [0.3, 0.4) is 0 Å². The van der Waals surface area contributed by atoms with Crippen LogP contribution in [0, 0.1) is 5.41 Å². The normalized spacial score (nSPS) is 23.6. The predicted molar refractivity (Wildman–Crippen MR) is 83.7 cm³/mol. The smallest absolute Gasteiger partial charge is 0.230 e. The minimum absolute atomic E-state index is 0.0380. The monoisotopic (exact) mass is 301 g/mol. The molecule has 2 aromatic rings. The van der Waals surface area contributed by atoms with Crippen molar-refractivity contribution in [2.75, 3.05) is 5.32 Å². The lowest BCUT2D eigenvalue weighted by Gasteiger charge is -2.13. The quantitative estimate of drug-likeness (QED) is 0.836. The highest BCUT2D eigenvalue weighted by Gasteiger charge is 2.56. The van der Waals surface area contributed by atoms with E-state index < -0.39 is 5.41 Å². The number of benzene rings is 2. The molecule has 2 N–H and O–H groups in total. The number of carbonyl (C=O) groups is 1. The average Bonchev–Trinajstić information content (AvgIpc) is 3.17. The molecule has 0 bridgehead atoms. The number of phenols is 1. The molecular formula is C17H16ClNO2. The predicted octanol–water partition coefficient (Wildman–Crippen LogP) is 4.18. The summed E-state index contributed by atoms with van der Waals surface area (Å²) in [5, 5.41) is 12.5.